The minimum atomic E-state index is 0. The summed E-state index contributed by atoms with van der Waals surface area (Å²) in [7, 11) is 0. The summed E-state index contributed by atoms with van der Waals surface area (Å²) in [5.74, 6) is 0.569. The first-order chi connectivity index (χ1) is 8.02. The smallest absolute Gasteiger partial charge is 0.266 e. The number of rotatable bonds is 2. The van der Waals surface area contributed by atoms with Crippen molar-refractivity contribution in [3.05, 3.63) is 15.6 Å². The molecule has 2 N–H and O–H groups in total. The Bertz CT molecular complexity index is 439. The van der Waals surface area contributed by atoms with Gasteiger partial charge in [0.05, 0.1) is 10.7 Å². The molecule has 0 saturated carbocycles. The van der Waals surface area contributed by atoms with Crippen molar-refractivity contribution in [1.82, 2.24) is 9.88 Å². The summed E-state index contributed by atoms with van der Waals surface area (Å²) in [5.41, 5.74) is 6.53. The van der Waals surface area contributed by atoms with E-state index in [0.29, 0.717) is 12.5 Å². The van der Waals surface area contributed by atoms with Crippen molar-refractivity contribution in [3.8, 4) is 0 Å². The number of hydrogen-bond donors (Lipinski definition) is 1. The first-order valence-corrected chi connectivity index (χ1v) is 6.79. The van der Waals surface area contributed by atoms with E-state index in [0.717, 1.165) is 28.5 Å². The summed E-state index contributed by atoms with van der Waals surface area (Å²) in [6, 6.07) is 0.290. The van der Waals surface area contributed by atoms with E-state index in [9.17, 15) is 4.79 Å². The van der Waals surface area contributed by atoms with Crippen LogP contribution in [-0.2, 0) is 0 Å². The average molecular weight is 326 g/mol. The van der Waals surface area contributed by atoms with Gasteiger partial charge in [0.2, 0.25) is 0 Å². The fourth-order valence-electron chi connectivity index (χ4n) is 2.46. The summed E-state index contributed by atoms with van der Waals surface area (Å²) >= 11 is 1.49. The van der Waals surface area contributed by atoms with Crippen LogP contribution >= 0.6 is 36.2 Å². The second-order valence-electron chi connectivity index (χ2n) is 4.79. The molecule has 1 saturated heterocycles. The van der Waals surface area contributed by atoms with Crippen LogP contribution in [0.2, 0.25) is 0 Å². The SMILES string of the molecule is Cc1nc(C)c(C(=O)N2CC(CN)CC2C)s1.Cl.Cl. The summed E-state index contributed by atoms with van der Waals surface area (Å²) < 4.78 is 0. The molecule has 2 rings (SSSR count). The molecule has 19 heavy (non-hydrogen) atoms. The molecule has 1 aliphatic rings. The molecule has 1 fully saturated rings. The third kappa shape index (κ3) is 3.81. The van der Waals surface area contributed by atoms with Gasteiger partial charge >= 0.3 is 0 Å². The van der Waals surface area contributed by atoms with E-state index in [2.05, 4.69) is 11.9 Å². The topological polar surface area (TPSA) is 59.2 Å². The van der Waals surface area contributed by atoms with Crippen molar-refractivity contribution in [1.29, 1.82) is 0 Å². The van der Waals surface area contributed by atoms with Crippen molar-refractivity contribution in [2.45, 2.75) is 33.2 Å². The van der Waals surface area contributed by atoms with Crippen LogP contribution in [0.5, 0.6) is 0 Å². The van der Waals surface area contributed by atoms with Crippen molar-refractivity contribution < 1.29 is 4.79 Å². The van der Waals surface area contributed by atoms with Crippen LogP contribution in [0.3, 0.4) is 0 Å². The molecule has 7 heteroatoms. The Morgan fingerprint density at radius 3 is 2.53 bits per heavy atom. The highest BCUT2D eigenvalue weighted by Gasteiger charge is 2.33. The number of amides is 1. The standard InChI is InChI=1S/C12H19N3OS.2ClH/c1-7-4-10(5-13)6-15(7)12(16)11-8(2)14-9(3)17-11;;/h7,10H,4-6,13H2,1-3H3;2*1H. The number of carbonyl (C=O) groups is 1. The molecule has 1 amide bonds. The molecule has 1 aromatic rings. The van der Waals surface area contributed by atoms with Gasteiger partial charge in [-0.2, -0.15) is 0 Å². The van der Waals surface area contributed by atoms with Crippen LogP contribution in [0.15, 0.2) is 0 Å². The molecule has 4 nitrogen and oxygen atoms in total. The van der Waals surface area contributed by atoms with Gasteiger partial charge in [0, 0.05) is 12.6 Å². The fourth-order valence-corrected chi connectivity index (χ4v) is 3.33. The number of thiazole rings is 1. The highest BCUT2D eigenvalue weighted by molar-refractivity contribution is 7.13. The van der Waals surface area contributed by atoms with Gasteiger partial charge in [0.15, 0.2) is 0 Å². The minimum Gasteiger partial charge on any atom is -0.335 e. The maximum atomic E-state index is 12.4. The number of halogens is 2. The molecule has 0 aromatic carbocycles. The number of nitrogens with zero attached hydrogens (tertiary/aromatic N) is 2. The maximum Gasteiger partial charge on any atom is 0.266 e. The van der Waals surface area contributed by atoms with E-state index < -0.39 is 0 Å². The zero-order valence-electron chi connectivity index (χ0n) is 11.4. The Morgan fingerprint density at radius 1 is 1.47 bits per heavy atom. The van der Waals surface area contributed by atoms with E-state index in [1.165, 1.54) is 11.3 Å². The predicted octanol–water partition coefficient (Wildman–Crippen LogP) is 2.41. The number of aryl methyl sites for hydroxylation is 2. The molecule has 0 spiro atoms. The van der Waals surface area contributed by atoms with Crippen molar-refractivity contribution in [2.75, 3.05) is 13.1 Å². The summed E-state index contributed by atoms with van der Waals surface area (Å²) in [4.78, 5) is 19.4. The van der Waals surface area contributed by atoms with E-state index >= 15 is 0 Å². The number of nitrogens with two attached hydrogens (primary N) is 1. The van der Waals surface area contributed by atoms with E-state index in [4.69, 9.17) is 5.73 Å². The van der Waals surface area contributed by atoms with Crippen LogP contribution in [0.25, 0.3) is 0 Å². The van der Waals surface area contributed by atoms with E-state index in [-0.39, 0.29) is 36.8 Å². The van der Waals surface area contributed by atoms with Crippen LogP contribution < -0.4 is 5.73 Å². The Balaban J connectivity index is 0.00000162. The van der Waals surface area contributed by atoms with Gasteiger partial charge in [-0.3, -0.25) is 4.79 Å². The Morgan fingerprint density at radius 2 is 2.11 bits per heavy atom. The molecule has 2 heterocycles. The molecule has 0 radical (unpaired) electrons. The molecular formula is C12H21Cl2N3OS. The maximum absolute atomic E-state index is 12.4. The Labute approximate surface area is 130 Å². The molecule has 1 aromatic heterocycles. The third-order valence-electron chi connectivity index (χ3n) is 3.35. The first kappa shape index (κ1) is 18.6. The van der Waals surface area contributed by atoms with Gasteiger partial charge < -0.3 is 10.6 Å². The fraction of sp³-hybridized carbons (Fsp3) is 0.667. The summed E-state index contributed by atoms with van der Waals surface area (Å²) in [6.45, 7) is 7.38. The second-order valence-corrected chi connectivity index (χ2v) is 5.99. The Kier molecular flexibility index (Phi) is 7.29. The lowest BCUT2D eigenvalue weighted by atomic mass is 10.1. The van der Waals surface area contributed by atoms with Crippen LogP contribution in [-0.4, -0.2) is 34.9 Å². The Hall–Kier alpha value is -0.360. The molecule has 0 bridgehead atoms. The molecule has 0 aliphatic carbocycles. The molecule has 2 unspecified atom stereocenters. The second kappa shape index (κ2) is 7.43. The van der Waals surface area contributed by atoms with E-state index in [1.54, 1.807) is 0 Å². The predicted molar refractivity (Wildman–Crippen MR) is 83.7 cm³/mol. The van der Waals surface area contributed by atoms with Crippen LogP contribution in [0, 0.1) is 19.8 Å². The zero-order valence-corrected chi connectivity index (χ0v) is 13.8. The quantitative estimate of drug-likeness (QED) is 0.908. The minimum absolute atomic E-state index is 0. The normalized spacial score (nSPS) is 21.8. The van der Waals surface area contributed by atoms with Crippen LogP contribution in [0.1, 0.15) is 33.7 Å². The monoisotopic (exact) mass is 325 g/mol. The largest absolute Gasteiger partial charge is 0.335 e. The summed E-state index contributed by atoms with van der Waals surface area (Å²) in [5, 5.41) is 0.952. The lowest BCUT2D eigenvalue weighted by molar-refractivity contribution is 0.0747. The number of hydrogen-bond acceptors (Lipinski definition) is 4. The first-order valence-electron chi connectivity index (χ1n) is 5.98. The van der Waals surface area contributed by atoms with Crippen molar-refractivity contribution in [3.63, 3.8) is 0 Å². The number of aromatic nitrogens is 1. The molecular weight excluding hydrogens is 305 g/mol. The average Bonchev–Trinajstić information content (AvgIpc) is 2.81. The zero-order chi connectivity index (χ0) is 12.6. The number of likely N-dealkylation sites (tertiary alicyclic amines) is 1. The van der Waals surface area contributed by atoms with Gasteiger partial charge in [-0.25, -0.2) is 4.98 Å². The van der Waals surface area contributed by atoms with E-state index in [1.807, 2.05) is 18.7 Å². The number of carbonyl (C=O) groups excluding carboxylic acids is 1. The highest BCUT2D eigenvalue weighted by atomic mass is 35.5. The summed E-state index contributed by atoms with van der Waals surface area (Å²) in [6.07, 6.45) is 1.01. The van der Waals surface area contributed by atoms with Crippen molar-refractivity contribution in [2.24, 2.45) is 11.7 Å². The van der Waals surface area contributed by atoms with Gasteiger partial charge in [-0.05, 0) is 39.7 Å². The lowest BCUT2D eigenvalue weighted by Gasteiger charge is -2.20. The van der Waals surface area contributed by atoms with Crippen molar-refractivity contribution >= 4 is 42.1 Å². The van der Waals surface area contributed by atoms with Gasteiger partial charge in [-0.1, -0.05) is 0 Å². The third-order valence-corrected chi connectivity index (χ3v) is 4.41. The van der Waals surface area contributed by atoms with Gasteiger partial charge in [-0.15, -0.1) is 36.2 Å². The van der Waals surface area contributed by atoms with Gasteiger partial charge in [0.1, 0.15) is 4.88 Å². The molecule has 1 aliphatic heterocycles. The van der Waals surface area contributed by atoms with Gasteiger partial charge in [0.25, 0.3) is 5.91 Å². The van der Waals surface area contributed by atoms with Crippen LogP contribution in [0.4, 0.5) is 0 Å². The molecule has 110 valence electrons. The molecule has 2 atom stereocenters. The highest BCUT2D eigenvalue weighted by Crippen LogP contribution is 2.27. The lowest BCUT2D eigenvalue weighted by Crippen LogP contribution is -2.34.